The molecular formula is C18H22F6N4O3. The maximum Gasteiger partial charge on any atom is 0.418 e. The number of carbonyl (C=O) groups is 2. The zero-order valence-electron chi connectivity index (χ0n) is 16.5. The van der Waals surface area contributed by atoms with Crippen LogP contribution in [0.2, 0.25) is 0 Å². The Morgan fingerprint density at radius 2 is 1.97 bits per heavy atom. The Morgan fingerprint density at radius 3 is 2.48 bits per heavy atom. The predicted molar refractivity (Wildman–Crippen MR) is 99.4 cm³/mol. The van der Waals surface area contributed by atoms with Crippen LogP contribution in [0.1, 0.15) is 12.5 Å². The van der Waals surface area contributed by atoms with E-state index < -0.39 is 54.5 Å². The average molecular weight is 456 g/mol. The molecule has 1 saturated heterocycles. The number of anilines is 2. The fourth-order valence-electron chi connectivity index (χ4n) is 3.15. The molecule has 1 heterocycles. The number of carbonyl (C=O) groups excluding carboxylic acids is 2. The smallest absolute Gasteiger partial charge is 0.370 e. The summed E-state index contributed by atoms with van der Waals surface area (Å²) in [5.41, 5.74) is 3.50. The SMILES string of the molecule is CCN(CC(F)(F)F)[C@H](CN)C(=O)Nc1ccc(N2CCOCC2=O)cc1C(F)(F)F. The normalized spacial score (nSPS) is 16.5. The van der Waals surface area contributed by atoms with E-state index in [2.05, 4.69) is 0 Å². The fraction of sp³-hybridized carbons (Fsp3) is 0.556. The molecule has 0 unspecified atom stereocenters. The maximum absolute atomic E-state index is 13.6. The Kier molecular flexibility index (Phi) is 7.89. The molecule has 31 heavy (non-hydrogen) atoms. The minimum absolute atomic E-state index is 0.0405. The summed E-state index contributed by atoms with van der Waals surface area (Å²) >= 11 is 0. The molecule has 7 nitrogen and oxygen atoms in total. The average Bonchev–Trinajstić information content (AvgIpc) is 2.66. The second kappa shape index (κ2) is 9.83. The van der Waals surface area contributed by atoms with Crippen molar-refractivity contribution in [1.29, 1.82) is 0 Å². The number of hydrogen-bond donors (Lipinski definition) is 2. The molecule has 0 radical (unpaired) electrons. The Morgan fingerprint density at radius 1 is 1.29 bits per heavy atom. The van der Waals surface area contributed by atoms with Gasteiger partial charge in [0.05, 0.1) is 24.4 Å². The van der Waals surface area contributed by atoms with Gasteiger partial charge in [0.15, 0.2) is 0 Å². The highest BCUT2D eigenvalue weighted by Gasteiger charge is 2.38. The molecule has 1 fully saturated rings. The lowest BCUT2D eigenvalue weighted by molar-refractivity contribution is -0.153. The third-order valence-electron chi connectivity index (χ3n) is 4.62. The van der Waals surface area contributed by atoms with Crippen LogP contribution >= 0.6 is 0 Å². The number of hydrogen-bond acceptors (Lipinski definition) is 5. The van der Waals surface area contributed by atoms with Crippen molar-refractivity contribution in [2.24, 2.45) is 5.73 Å². The number of halogens is 6. The van der Waals surface area contributed by atoms with Gasteiger partial charge in [0, 0.05) is 18.8 Å². The lowest BCUT2D eigenvalue weighted by atomic mass is 10.1. The topological polar surface area (TPSA) is 87.9 Å². The molecule has 3 N–H and O–H groups in total. The highest BCUT2D eigenvalue weighted by Crippen LogP contribution is 2.37. The quantitative estimate of drug-likeness (QED) is 0.615. The number of likely N-dealkylation sites (N-methyl/N-ethyl adjacent to an activating group) is 1. The third kappa shape index (κ3) is 6.55. The number of nitrogens with zero attached hydrogens (tertiary/aromatic N) is 2. The number of morpholine rings is 1. The molecule has 2 rings (SSSR count). The van der Waals surface area contributed by atoms with Crippen LogP contribution in [0.15, 0.2) is 18.2 Å². The van der Waals surface area contributed by atoms with E-state index in [4.69, 9.17) is 10.5 Å². The van der Waals surface area contributed by atoms with Crippen molar-refractivity contribution in [1.82, 2.24) is 4.90 Å². The first-order valence-corrected chi connectivity index (χ1v) is 9.28. The van der Waals surface area contributed by atoms with Crippen LogP contribution < -0.4 is 16.0 Å². The van der Waals surface area contributed by atoms with E-state index >= 15 is 0 Å². The third-order valence-corrected chi connectivity index (χ3v) is 4.62. The van der Waals surface area contributed by atoms with Gasteiger partial charge in [0.2, 0.25) is 5.91 Å². The molecule has 1 aromatic rings. The standard InChI is InChI=1S/C18H22F6N4O3/c1-2-27(10-17(19,20)21)14(8-25)16(30)26-13-4-3-11(7-12(13)18(22,23)24)28-5-6-31-9-15(28)29/h3-4,7,14H,2,5-6,8-10,25H2,1H3,(H,26,30)/t14-/m1/s1. The van der Waals surface area contributed by atoms with Gasteiger partial charge in [-0.1, -0.05) is 6.92 Å². The number of ether oxygens (including phenoxy) is 1. The van der Waals surface area contributed by atoms with Gasteiger partial charge in [-0.25, -0.2) is 0 Å². The highest BCUT2D eigenvalue weighted by atomic mass is 19.4. The van der Waals surface area contributed by atoms with Crippen molar-refractivity contribution < 1.29 is 40.7 Å². The van der Waals surface area contributed by atoms with Gasteiger partial charge in [-0.3, -0.25) is 14.5 Å². The summed E-state index contributed by atoms with van der Waals surface area (Å²) < 4.78 is 84.0. The summed E-state index contributed by atoms with van der Waals surface area (Å²) in [5.74, 6) is -1.63. The van der Waals surface area contributed by atoms with Gasteiger partial charge in [0.1, 0.15) is 12.6 Å². The highest BCUT2D eigenvalue weighted by molar-refractivity contribution is 5.98. The minimum atomic E-state index is -4.90. The lowest BCUT2D eigenvalue weighted by Crippen LogP contribution is -2.51. The van der Waals surface area contributed by atoms with E-state index in [1.807, 2.05) is 5.32 Å². The molecule has 0 aliphatic carbocycles. The molecule has 0 spiro atoms. The summed E-state index contributed by atoms with van der Waals surface area (Å²) in [4.78, 5) is 26.3. The van der Waals surface area contributed by atoms with E-state index in [0.29, 0.717) is 6.07 Å². The number of alkyl halides is 6. The summed E-state index contributed by atoms with van der Waals surface area (Å²) in [7, 11) is 0. The first-order chi connectivity index (χ1) is 14.4. The summed E-state index contributed by atoms with van der Waals surface area (Å²) in [6.07, 6.45) is -9.52. The second-order valence-electron chi connectivity index (χ2n) is 6.74. The lowest BCUT2D eigenvalue weighted by Gasteiger charge is -2.30. The Balaban J connectivity index is 2.32. The summed E-state index contributed by atoms with van der Waals surface area (Å²) in [6, 6.07) is 1.36. The van der Waals surface area contributed by atoms with Gasteiger partial charge in [0.25, 0.3) is 5.91 Å². The van der Waals surface area contributed by atoms with Crippen molar-refractivity contribution in [3.63, 3.8) is 0 Å². The number of nitrogens with two attached hydrogens (primary N) is 1. The van der Waals surface area contributed by atoms with Gasteiger partial charge in [-0.2, -0.15) is 26.3 Å². The first-order valence-electron chi connectivity index (χ1n) is 9.28. The van der Waals surface area contributed by atoms with E-state index in [9.17, 15) is 35.9 Å². The molecule has 0 aromatic heterocycles. The van der Waals surface area contributed by atoms with Crippen LogP contribution in [0.25, 0.3) is 0 Å². The Hall–Kier alpha value is -2.38. The van der Waals surface area contributed by atoms with Crippen LogP contribution in [0.3, 0.4) is 0 Å². The largest absolute Gasteiger partial charge is 0.418 e. The van der Waals surface area contributed by atoms with Crippen molar-refractivity contribution >= 4 is 23.2 Å². The van der Waals surface area contributed by atoms with E-state index in [1.165, 1.54) is 13.0 Å². The van der Waals surface area contributed by atoms with Crippen LogP contribution in [-0.4, -0.2) is 68.3 Å². The molecule has 0 bridgehead atoms. The molecular weight excluding hydrogens is 434 g/mol. The summed E-state index contributed by atoms with van der Waals surface area (Å²) in [6.45, 7) is -0.865. The number of amides is 2. The van der Waals surface area contributed by atoms with Crippen LogP contribution in [0.5, 0.6) is 0 Å². The van der Waals surface area contributed by atoms with Crippen molar-refractivity contribution in [3.05, 3.63) is 23.8 Å². The minimum Gasteiger partial charge on any atom is -0.370 e. The van der Waals surface area contributed by atoms with Crippen molar-refractivity contribution in [2.45, 2.75) is 25.3 Å². The molecule has 13 heteroatoms. The maximum atomic E-state index is 13.6. The number of rotatable bonds is 7. The Labute approximate surface area is 174 Å². The first kappa shape index (κ1) is 24.9. The molecule has 2 amide bonds. The second-order valence-corrected chi connectivity index (χ2v) is 6.74. The van der Waals surface area contributed by atoms with Gasteiger partial charge in [-0.15, -0.1) is 0 Å². The van der Waals surface area contributed by atoms with Crippen LogP contribution in [-0.2, 0) is 20.5 Å². The van der Waals surface area contributed by atoms with Gasteiger partial charge < -0.3 is 20.7 Å². The number of benzene rings is 1. The van der Waals surface area contributed by atoms with Crippen molar-refractivity contribution in [3.8, 4) is 0 Å². The van der Waals surface area contributed by atoms with E-state index in [-0.39, 0.29) is 32.0 Å². The predicted octanol–water partition coefficient (Wildman–Crippen LogP) is 2.22. The fourth-order valence-corrected chi connectivity index (χ4v) is 3.15. The molecule has 1 atom stereocenters. The van der Waals surface area contributed by atoms with Gasteiger partial charge in [-0.05, 0) is 24.7 Å². The zero-order chi connectivity index (χ0) is 23.4. The Bertz CT molecular complexity index is 799. The molecule has 174 valence electrons. The molecule has 1 aliphatic heterocycles. The molecule has 0 saturated carbocycles. The zero-order valence-corrected chi connectivity index (χ0v) is 16.5. The number of nitrogens with one attached hydrogen (secondary N) is 1. The monoisotopic (exact) mass is 456 g/mol. The van der Waals surface area contributed by atoms with Crippen molar-refractivity contribution in [2.75, 3.05) is 49.6 Å². The van der Waals surface area contributed by atoms with Gasteiger partial charge >= 0.3 is 12.4 Å². The van der Waals surface area contributed by atoms with Crippen LogP contribution in [0, 0.1) is 0 Å². The van der Waals surface area contributed by atoms with E-state index in [1.54, 1.807) is 0 Å². The molecule has 1 aliphatic rings. The van der Waals surface area contributed by atoms with Crippen LogP contribution in [0.4, 0.5) is 37.7 Å². The van der Waals surface area contributed by atoms with E-state index in [0.717, 1.165) is 15.9 Å². The molecule has 1 aromatic carbocycles. The summed E-state index contributed by atoms with van der Waals surface area (Å²) in [5, 5.41) is 2.03.